The molecule has 1 unspecified atom stereocenters. The number of aromatic nitrogens is 2. The lowest BCUT2D eigenvalue weighted by molar-refractivity contribution is 0.401. The van der Waals surface area contributed by atoms with Gasteiger partial charge in [-0.1, -0.05) is 12.1 Å². The van der Waals surface area contributed by atoms with Crippen LogP contribution in [0.4, 0.5) is 0 Å². The third-order valence-corrected chi connectivity index (χ3v) is 3.02. The molecule has 0 saturated heterocycles. The lowest BCUT2D eigenvalue weighted by Crippen LogP contribution is -2.18. The highest BCUT2D eigenvalue weighted by molar-refractivity contribution is 5.39. The van der Waals surface area contributed by atoms with Gasteiger partial charge in [-0.2, -0.15) is 5.10 Å². The highest BCUT2D eigenvalue weighted by Crippen LogP contribution is 2.26. The zero-order valence-corrected chi connectivity index (χ0v) is 11.0. The number of aryl methyl sites for hydroxylation is 1. The number of H-pyrrole nitrogens is 1. The van der Waals surface area contributed by atoms with Gasteiger partial charge in [-0.25, -0.2) is 0 Å². The molecule has 0 fully saturated rings. The van der Waals surface area contributed by atoms with Crippen molar-refractivity contribution >= 4 is 0 Å². The molecule has 96 valence electrons. The second-order valence-electron chi connectivity index (χ2n) is 4.45. The molecule has 4 nitrogen and oxygen atoms in total. The van der Waals surface area contributed by atoms with Crippen LogP contribution < -0.4 is 10.1 Å². The maximum Gasteiger partial charge on any atom is 0.123 e. The topological polar surface area (TPSA) is 49.9 Å². The molecule has 0 aliphatic carbocycles. The van der Waals surface area contributed by atoms with Crippen LogP contribution in [0.3, 0.4) is 0 Å². The van der Waals surface area contributed by atoms with Gasteiger partial charge >= 0.3 is 0 Å². The Balaban J connectivity index is 2.06. The van der Waals surface area contributed by atoms with Crippen LogP contribution in [0.1, 0.15) is 29.7 Å². The maximum atomic E-state index is 5.43. The van der Waals surface area contributed by atoms with Crippen LogP contribution in [0.25, 0.3) is 0 Å². The summed E-state index contributed by atoms with van der Waals surface area (Å²) >= 11 is 0. The van der Waals surface area contributed by atoms with E-state index in [-0.39, 0.29) is 6.04 Å². The van der Waals surface area contributed by atoms with Crippen molar-refractivity contribution in [3.8, 4) is 5.75 Å². The van der Waals surface area contributed by atoms with Crippen LogP contribution in [0.5, 0.6) is 5.75 Å². The highest BCUT2D eigenvalue weighted by atomic mass is 16.5. The average Bonchev–Trinajstić information content (AvgIpc) is 2.88. The summed E-state index contributed by atoms with van der Waals surface area (Å²) < 4.78 is 5.43. The lowest BCUT2D eigenvalue weighted by atomic mass is 10.0. The first-order valence-corrected chi connectivity index (χ1v) is 6.06. The molecular weight excluding hydrogens is 226 g/mol. The van der Waals surface area contributed by atoms with Crippen LogP contribution in [-0.4, -0.2) is 17.3 Å². The standard InChI is InChI=1S/C14H19N3O/c1-10-4-5-13(14(6-10)18-3)11(2)15-7-12-8-16-17-9-12/h4-6,8-9,11,15H,7H2,1-3H3,(H,16,17). The van der Waals surface area contributed by atoms with Gasteiger partial charge in [0, 0.05) is 29.9 Å². The van der Waals surface area contributed by atoms with E-state index in [0.717, 1.165) is 17.9 Å². The van der Waals surface area contributed by atoms with Gasteiger partial charge in [-0.15, -0.1) is 0 Å². The molecule has 1 aromatic carbocycles. The van der Waals surface area contributed by atoms with Crippen LogP contribution in [0, 0.1) is 6.92 Å². The second-order valence-corrected chi connectivity index (χ2v) is 4.45. The summed E-state index contributed by atoms with van der Waals surface area (Å²) in [6.45, 7) is 4.98. The fourth-order valence-corrected chi connectivity index (χ4v) is 1.93. The van der Waals surface area contributed by atoms with Crippen molar-refractivity contribution in [2.75, 3.05) is 7.11 Å². The molecule has 0 aliphatic rings. The van der Waals surface area contributed by atoms with Crippen LogP contribution >= 0.6 is 0 Å². The third-order valence-electron chi connectivity index (χ3n) is 3.02. The van der Waals surface area contributed by atoms with Crippen molar-refractivity contribution in [3.63, 3.8) is 0 Å². The minimum Gasteiger partial charge on any atom is -0.496 e. The van der Waals surface area contributed by atoms with E-state index in [1.807, 2.05) is 12.4 Å². The van der Waals surface area contributed by atoms with Gasteiger partial charge in [-0.3, -0.25) is 5.10 Å². The van der Waals surface area contributed by atoms with Gasteiger partial charge in [0.1, 0.15) is 5.75 Å². The zero-order valence-electron chi connectivity index (χ0n) is 11.0. The first-order valence-electron chi connectivity index (χ1n) is 6.06. The van der Waals surface area contributed by atoms with E-state index in [9.17, 15) is 0 Å². The lowest BCUT2D eigenvalue weighted by Gasteiger charge is -2.17. The number of aromatic amines is 1. The van der Waals surface area contributed by atoms with Crippen LogP contribution in [0.2, 0.25) is 0 Å². The van der Waals surface area contributed by atoms with Gasteiger partial charge in [-0.05, 0) is 25.5 Å². The molecule has 0 bridgehead atoms. The summed E-state index contributed by atoms with van der Waals surface area (Å²) in [5, 5.41) is 10.2. The fourth-order valence-electron chi connectivity index (χ4n) is 1.93. The molecular formula is C14H19N3O. The Morgan fingerprint density at radius 3 is 2.94 bits per heavy atom. The van der Waals surface area contributed by atoms with E-state index in [1.165, 1.54) is 11.1 Å². The highest BCUT2D eigenvalue weighted by Gasteiger charge is 2.11. The fraction of sp³-hybridized carbons (Fsp3) is 0.357. The van der Waals surface area contributed by atoms with Gasteiger partial charge in [0.15, 0.2) is 0 Å². The van der Waals surface area contributed by atoms with Crippen molar-refractivity contribution in [3.05, 3.63) is 47.3 Å². The number of benzene rings is 1. The smallest absolute Gasteiger partial charge is 0.123 e. The van der Waals surface area contributed by atoms with Gasteiger partial charge in [0.05, 0.1) is 13.3 Å². The number of rotatable bonds is 5. The normalized spacial score (nSPS) is 12.4. The summed E-state index contributed by atoms with van der Waals surface area (Å²) in [5.74, 6) is 0.933. The number of ether oxygens (including phenoxy) is 1. The third kappa shape index (κ3) is 2.90. The van der Waals surface area contributed by atoms with Crippen LogP contribution in [0.15, 0.2) is 30.6 Å². The monoisotopic (exact) mass is 245 g/mol. The summed E-state index contributed by atoms with van der Waals surface area (Å²) in [6.07, 6.45) is 3.72. The summed E-state index contributed by atoms with van der Waals surface area (Å²) in [4.78, 5) is 0. The summed E-state index contributed by atoms with van der Waals surface area (Å²) in [6, 6.07) is 6.51. The van der Waals surface area contributed by atoms with Gasteiger partial charge < -0.3 is 10.1 Å². The molecule has 1 aromatic heterocycles. The van der Waals surface area contributed by atoms with E-state index in [0.29, 0.717) is 0 Å². The number of hydrogen-bond acceptors (Lipinski definition) is 3. The maximum absolute atomic E-state index is 5.43. The second kappa shape index (κ2) is 5.69. The van der Waals surface area contributed by atoms with Crippen molar-refractivity contribution in [1.82, 2.24) is 15.5 Å². The summed E-state index contributed by atoms with van der Waals surface area (Å²) in [7, 11) is 1.71. The first kappa shape index (κ1) is 12.6. The first-order chi connectivity index (χ1) is 8.70. The van der Waals surface area contributed by atoms with Crippen molar-refractivity contribution < 1.29 is 4.74 Å². The Morgan fingerprint density at radius 2 is 2.28 bits per heavy atom. The van der Waals surface area contributed by atoms with E-state index < -0.39 is 0 Å². The molecule has 4 heteroatoms. The zero-order chi connectivity index (χ0) is 13.0. The Labute approximate surface area is 107 Å². The predicted molar refractivity (Wildman–Crippen MR) is 71.6 cm³/mol. The van der Waals surface area contributed by atoms with Crippen molar-refractivity contribution in [2.45, 2.75) is 26.4 Å². The largest absolute Gasteiger partial charge is 0.496 e. The Morgan fingerprint density at radius 1 is 1.44 bits per heavy atom. The van der Waals surface area contributed by atoms with Crippen molar-refractivity contribution in [2.24, 2.45) is 0 Å². The summed E-state index contributed by atoms with van der Waals surface area (Å²) in [5.41, 5.74) is 3.53. The molecule has 0 spiro atoms. The molecule has 0 amide bonds. The molecule has 2 aromatic rings. The predicted octanol–water partition coefficient (Wildman–Crippen LogP) is 2.58. The quantitative estimate of drug-likeness (QED) is 0.851. The molecule has 0 radical (unpaired) electrons. The van der Waals surface area contributed by atoms with Crippen molar-refractivity contribution in [1.29, 1.82) is 0 Å². The Kier molecular flexibility index (Phi) is 3.99. The number of methoxy groups -OCH3 is 1. The number of hydrogen-bond donors (Lipinski definition) is 2. The van der Waals surface area contributed by atoms with Crippen LogP contribution in [-0.2, 0) is 6.54 Å². The minimum atomic E-state index is 0.232. The van der Waals surface area contributed by atoms with E-state index in [2.05, 4.69) is 47.6 Å². The van der Waals surface area contributed by atoms with Gasteiger partial charge in [0.25, 0.3) is 0 Å². The SMILES string of the molecule is COc1cc(C)ccc1C(C)NCc1cn[nH]c1. The van der Waals surface area contributed by atoms with E-state index in [4.69, 9.17) is 4.74 Å². The molecule has 2 N–H and O–H groups in total. The molecule has 0 saturated carbocycles. The van der Waals surface area contributed by atoms with E-state index in [1.54, 1.807) is 7.11 Å². The van der Waals surface area contributed by atoms with Gasteiger partial charge in [0.2, 0.25) is 0 Å². The molecule has 2 rings (SSSR count). The van der Waals surface area contributed by atoms with E-state index >= 15 is 0 Å². The molecule has 0 aliphatic heterocycles. The molecule has 18 heavy (non-hydrogen) atoms. The minimum absolute atomic E-state index is 0.232. The Hall–Kier alpha value is -1.81. The Bertz CT molecular complexity index is 494. The average molecular weight is 245 g/mol. The molecule has 1 heterocycles. The molecule has 1 atom stereocenters. The number of nitrogens with zero attached hydrogens (tertiary/aromatic N) is 1. The number of nitrogens with one attached hydrogen (secondary N) is 2.